The lowest BCUT2D eigenvalue weighted by atomic mass is 9.81. The maximum absolute atomic E-state index is 6.12. The maximum Gasteiger partial charge on any atom is -0.000803 e. The third-order valence-electron chi connectivity index (χ3n) is 6.60. The van der Waals surface area contributed by atoms with Gasteiger partial charge < -0.3 is 5.73 Å². The third-order valence-corrected chi connectivity index (χ3v) is 6.60. The van der Waals surface area contributed by atoms with Crippen LogP contribution in [0.5, 0.6) is 0 Å². The lowest BCUT2D eigenvalue weighted by molar-refractivity contribution is 0.342. The van der Waals surface area contributed by atoms with Gasteiger partial charge in [-0.25, -0.2) is 0 Å². The summed E-state index contributed by atoms with van der Waals surface area (Å²) in [5, 5.41) is 7.89. The summed E-state index contributed by atoms with van der Waals surface area (Å²) in [5.41, 5.74) is 10.2. The summed E-state index contributed by atoms with van der Waals surface area (Å²) >= 11 is 0. The molecule has 0 fully saturated rings. The van der Waals surface area contributed by atoms with Gasteiger partial charge in [-0.1, -0.05) is 106 Å². The number of hydrogen-bond acceptors (Lipinski definition) is 1. The maximum atomic E-state index is 6.12. The zero-order chi connectivity index (χ0) is 22.3. The molecule has 0 aliphatic heterocycles. The fourth-order valence-electron chi connectivity index (χ4n) is 5.11. The van der Waals surface area contributed by atoms with Crippen LogP contribution in [-0.2, 0) is 0 Å². The molecule has 0 bridgehead atoms. The van der Waals surface area contributed by atoms with Crippen molar-refractivity contribution in [1.29, 1.82) is 0 Å². The normalized spacial score (nSPS) is 13.1. The van der Waals surface area contributed by atoms with Gasteiger partial charge in [-0.15, -0.1) is 0 Å². The van der Waals surface area contributed by atoms with Crippen LogP contribution in [0, 0.1) is 5.41 Å². The highest BCUT2D eigenvalue weighted by atomic mass is 14.6. The Morgan fingerprint density at radius 3 is 1.56 bits per heavy atom. The molecule has 0 heterocycles. The predicted molar refractivity (Wildman–Crippen MR) is 140 cm³/mol. The van der Waals surface area contributed by atoms with E-state index in [4.69, 9.17) is 5.73 Å². The second kappa shape index (κ2) is 8.07. The quantitative estimate of drug-likeness (QED) is 0.292. The molecular weight excluding hydrogens is 386 g/mol. The van der Waals surface area contributed by atoms with Crippen LogP contribution >= 0.6 is 0 Å². The van der Waals surface area contributed by atoms with Crippen LogP contribution < -0.4 is 5.73 Å². The minimum absolute atomic E-state index is 0.269. The first-order chi connectivity index (χ1) is 15.4. The van der Waals surface area contributed by atoms with Gasteiger partial charge >= 0.3 is 0 Å². The van der Waals surface area contributed by atoms with Gasteiger partial charge in [-0.2, -0.15) is 0 Å². The Kier molecular flexibility index (Phi) is 5.23. The van der Waals surface area contributed by atoms with E-state index in [1.165, 1.54) is 49.0 Å². The second-order valence-electron chi connectivity index (χ2n) is 10.2. The van der Waals surface area contributed by atoms with Gasteiger partial charge in [0.1, 0.15) is 0 Å². The number of fused-ring (bicyclic) bond motifs is 6. The monoisotopic (exact) mass is 417 g/mol. The topological polar surface area (TPSA) is 26.0 Å². The highest BCUT2D eigenvalue weighted by Gasteiger charge is 2.19. The average Bonchev–Trinajstić information content (AvgIpc) is 2.82. The average molecular weight is 418 g/mol. The first-order valence-corrected chi connectivity index (χ1v) is 11.6. The van der Waals surface area contributed by atoms with Gasteiger partial charge in [0.2, 0.25) is 0 Å². The van der Waals surface area contributed by atoms with Gasteiger partial charge in [0, 0.05) is 0 Å². The summed E-state index contributed by atoms with van der Waals surface area (Å²) in [6, 6.07) is 33.4. The van der Waals surface area contributed by atoms with E-state index in [2.05, 4.69) is 112 Å². The zero-order valence-electron chi connectivity index (χ0n) is 19.2. The summed E-state index contributed by atoms with van der Waals surface area (Å²) in [6.07, 6.45) is 1.10. The summed E-state index contributed by atoms with van der Waals surface area (Å²) in [5.74, 6) is 0.399. The van der Waals surface area contributed by atoms with Gasteiger partial charge in [0.25, 0.3) is 0 Å². The van der Waals surface area contributed by atoms with Crippen molar-refractivity contribution < 1.29 is 0 Å². The van der Waals surface area contributed by atoms with Crippen molar-refractivity contribution in [3.8, 4) is 11.1 Å². The molecule has 32 heavy (non-hydrogen) atoms. The largest absolute Gasteiger partial charge is 0.330 e. The third kappa shape index (κ3) is 3.78. The highest BCUT2D eigenvalue weighted by molar-refractivity contribution is 6.25. The second-order valence-corrected chi connectivity index (χ2v) is 10.2. The molecule has 0 aromatic heterocycles. The van der Waals surface area contributed by atoms with Crippen LogP contribution in [0.25, 0.3) is 43.4 Å². The van der Waals surface area contributed by atoms with Crippen molar-refractivity contribution >= 4 is 32.3 Å². The van der Waals surface area contributed by atoms with Crippen molar-refractivity contribution in [2.45, 2.75) is 33.1 Å². The van der Waals surface area contributed by atoms with Crippen molar-refractivity contribution in [1.82, 2.24) is 0 Å². The molecule has 0 saturated heterocycles. The molecule has 0 aliphatic rings. The van der Waals surface area contributed by atoms with Crippen LogP contribution in [0.1, 0.15) is 38.7 Å². The van der Waals surface area contributed by atoms with Gasteiger partial charge in [0.05, 0.1) is 0 Å². The van der Waals surface area contributed by atoms with Crippen LogP contribution in [0.2, 0.25) is 0 Å². The van der Waals surface area contributed by atoms with Crippen LogP contribution in [-0.4, -0.2) is 6.54 Å². The smallest absolute Gasteiger partial charge is 0.000803 e. The lowest BCUT2D eigenvalue weighted by Gasteiger charge is -2.25. The molecule has 2 N–H and O–H groups in total. The molecule has 0 aliphatic carbocycles. The van der Waals surface area contributed by atoms with E-state index in [0.29, 0.717) is 12.5 Å². The van der Waals surface area contributed by atoms with Crippen LogP contribution in [0.15, 0.2) is 91.0 Å². The van der Waals surface area contributed by atoms with E-state index in [0.717, 1.165) is 6.42 Å². The first kappa shape index (κ1) is 20.7. The Labute approximate surface area is 190 Å². The molecule has 0 radical (unpaired) electrons. The molecule has 1 atom stereocenters. The van der Waals surface area contributed by atoms with Crippen molar-refractivity contribution in [2.75, 3.05) is 6.54 Å². The van der Waals surface area contributed by atoms with Crippen molar-refractivity contribution in [3.05, 3.63) is 96.6 Å². The predicted octanol–water partition coefficient (Wildman–Crippen LogP) is 8.29. The summed E-state index contributed by atoms with van der Waals surface area (Å²) in [7, 11) is 0. The van der Waals surface area contributed by atoms with Crippen molar-refractivity contribution in [2.24, 2.45) is 11.1 Å². The molecule has 0 spiro atoms. The summed E-state index contributed by atoms with van der Waals surface area (Å²) in [6.45, 7) is 7.54. The Hall–Kier alpha value is -3.16. The molecular formula is C31H31N. The van der Waals surface area contributed by atoms with E-state index in [9.17, 15) is 0 Å². The first-order valence-electron chi connectivity index (χ1n) is 11.6. The minimum atomic E-state index is 0.269. The van der Waals surface area contributed by atoms with E-state index < -0.39 is 0 Å². The van der Waals surface area contributed by atoms with Crippen LogP contribution in [0.4, 0.5) is 0 Å². The van der Waals surface area contributed by atoms with Gasteiger partial charge in [0.15, 0.2) is 0 Å². The van der Waals surface area contributed by atoms with Crippen LogP contribution in [0.3, 0.4) is 0 Å². The molecule has 5 aromatic rings. The SMILES string of the molecule is CC(C)(C)CC(CN)c1ccc(-c2ccc3c4ccccc4c4ccccc4c3c2)cc1. The fourth-order valence-corrected chi connectivity index (χ4v) is 5.11. The lowest BCUT2D eigenvalue weighted by Crippen LogP contribution is -2.19. The standard InChI is InChI=1S/C31H31N/c1-31(2,3)19-24(20-32)22-14-12-21(13-15-22)23-16-17-29-27-10-5-4-8-25(27)26-9-6-7-11-28(26)30(29)18-23/h4-18,24H,19-20,32H2,1-3H3. The zero-order valence-corrected chi connectivity index (χ0v) is 19.2. The van der Waals surface area contributed by atoms with E-state index in [1.54, 1.807) is 0 Å². The Morgan fingerprint density at radius 2 is 1.06 bits per heavy atom. The van der Waals surface area contributed by atoms with E-state index in [-0.39, 0.29) is 5.41 Å². The molecule has 0 amide bonds. The van der Waals surface area contributed by atoms with Crippen molar-refractivity contribution in [3.63, 3.8) is 0 Å². The molecule has 5 rings (SSSR count). The Balaban J connectivity index is 1.61. The van der Waals surface area contributed by atoms with E-state index >= 15 is 0 Å². The Bertz CT molecular complexity index is 1370. The van der Waals surface area contributed by atoms with E-state index in [1.807, 2.05) is 0 Å². The molecule has 5 aromatic carbocycles. The number of benzene rings is 5. The summed E-state index contributed by atoms with van der Waals surface area (Å²) in [4.78, 5) is 0. The highest BCUT2D eigenvalue weighted by Crippen LogP contribution is 2.37. The van der Waals surface area contributed by atoms with Gasteiger partial charge in [-0.3, -0.25) is 0 Å². The number of rotatable bonds is 4. The molecule has 0 saturated carbocycles. The molecule has 160 valence electrons. The minimum Gasteiger partial charge on any atom is -0.330 e. The Morgan fingerprint density at radius 1 is 0.594 bits per heavy atom. The molecule has 1 heteroatoms. The number of nitrogens with two attached hydrogens (primary N) is 1. The molecule has 1 unspecified atom stereocenters. The van der Waals surface area contributed by atoms with Gasteiger partial charge in [-0.05, 0) is 79.4 Å². The summed E-state index contributed by atoms with van der Waals surface area (Å²) < 4.78 is 0. The fraction of sp³-hybridized carbons (Fsp3) is 0.226. The number of hydrogen-bond donors (Lipinski definition) is 1. The molecule has 1 nitrogen and oxygen atoms in total.